The number of anilines is 1. The van der Waals surface area contributed by atoms with Crippen molar-refractivity contribution < 1.29 is 4.79 Å². The summed E-state index contributed by atoms with van der Waals surface area (Å²) in [7, 11) is 0. The largest absolute Gasteiger partial charge is 0.289 e. The van der Waals surface area contributed by atoms with Gasteiger partial charge in [0, 0.05) is 12.4 Å². The molecule has 0 unspecified atom stereocenters. The average Bonchev–Trinajstić information content (AvgIpc) is 2.72. The summed E-state index contributed by atoms with van der Waals surface area (Å²) in [6, 6.07) is 0. The van der Waals surface area contributed by atoms with Crippen molar-refractivity contribution in [3.05, 3.63) is 30.6 Å². The van der Waals surface area contributed by atoms with Gasteiger partial charge in [0.2, 0.25) is 5.95 Å². The summed E-state index contributed by atoms with van der Waals surface area (Å²) in [6.07, 6.45) is 5.60. The van der Waals surface area contributed by atoms with Crippen LogP contribution in [0, 0.1) is 0 Å². The lowest BCUT2D eigenvalue weighted by Gasteiger charge is -1.98. The topological polar surface area (TPSA) is 96.5 Å². The zero-order valence-electron chi connectivity index (χ0n) is 7.01. The van der Waals surface area contributed by atoms with Crippen LogP contribution in [0.2, 0.25) is 0 Å². The fourth-order valence-electron chi connectivity index (χ4n) is 0.854. The van der Waals surface area contributed by atoms with Crippen LogP contribution >= 0.6 is 0 Å². The molecule has 2 rings (SSSR count). The van der Waals surface area contributed by atoms with Gasteiger partial charge in [0.25, 0.3) is 5.91 Å². The van der Waals surface area contributed by atoms with E-state index in [4.69, 9.17) is 0 Å². The van der Waals surface area contributed by atoms with Gasteiger partial charge < -0.3 is 0 Å². The van der Waals surface area contributed by atoms with E-state index in [2.05, 4.69) is 30.5 Å². The van der Waals surface area contributed by atoms with Crippen LogP contribution in [0.5, 0.6) is 0 Å². The van der Waals surface area contributed by atoms with Crippen LogP contribution in [0.25, 0.3) is 0 Å². The van der Waals surface area contributed by atoms with Crippen LogP contribution in [-0.2, 0) is 0 Å². The molecule has 7 nitrogen and oxygen atoms in total. The Hall–Kier alpha value is -2.31. The van der Waals surface area contributed by atoms with E-state index in [-0.39, 0.29) is 17.5 Å². The zero-order valence-corrected chi connectivity index (χ0v) is 7.01. The maximum atomic E-state index is 11.4. The number of carbonyl (C=O) groups is 1. The molecule has 7 heteroatoms. The van der Waals surface area contributed by atoms with E-state index in [0.29, 0.717) is 0 Å². The molecule has 0 aliphatic carbocycles. The normalized spacial score (nSPS) is 9.71. The van der Waals surface area contributed by atoms with E-state index in [9.17, 15) is 4.79 Å². The molecule has 0 aromatic carbocycles. The molecule has 2 aromatic rings. The van der Waals surface area contributed by atoms with Crippen LogP contribution in [0.4, 0.5) is 5.95 Å². The molecule has 0 saturated carbocycles. The number of nitrogens with one attached hydrogen (secondary N) is 2. The van der Waals surface area contributed by atoms with Gasteiger partial charge in [0.15, 0.2) is 0 Å². The van der Waals surface area contributed by atoms with E-state index in [1.54, 1.807) is 0 Å². The van der Waals surface area contributed by atoms with Crippen LogP contribution in [-0.4, -0.2) is 31.1 Å². The minimum absolute atomic E-state index is 0.226. The highest BCUT2D eigenvalue weighted by Gasteiger charge is 2.07. The summed E-state index contributed by atoms with van der Waals surface area (Å²) in [5.74, 6) is -0.101. The Morgan fingerprint density at radius 3 is 2.93 bits per heavy atom. The second-order valence-electron chi connectivity index (χ2n) is 2.38. The number of amides is 1. The summed E-state index contributed by atoms with van der Waals surface area (Å²) in [4.78, 5) is 22.7. The van der Waals surface area contributed by atoms with Gasteiger partial charge in [-0.2, -0.15) is 10.1 Å². The van der Waals surface area contributed by atoms with E-state index in [1.807, 2.05) is 0 Å². The Morgan fingerprint density at radius 2 is 2.29 bits per heavy atom. The minimum atomic E-state index is -0.380. The van der Waals surface area contributed by atoms with E-state index in [1.165, 1.54) is 24.9 Å². The first-order valence-corrected chi connectivity index (χ1v) is 3.79. The fraction of sp³-hybridized carbons (Fsp3) is 0. The van der Waals surface area contributed by atoms with Crippen molar-refractivity contribution in [1.29, 1.82) is 0 Å². The van der Waals surface area contributed by atoms with Crippen LogP contribution in [0.15, 0.2) is 24.9 Å². The molecular formula is C7H6N6O. The van der Waals surface area contributed by atoms with Crippen LogP contribution < -0.4 is 5.32 Å². The third kappa shape index (κ3) is 1.71. The fourth-order valence-corrected chi connectivity index (χ4v) is 0.854. The van der Waals surface area contributed by atoms with Crippen molar-refractivity contribution in [3.63, 3.8) is 0 Å². The van der Waals surface area contributed by atoms with Gasteiger partial charge in [-0.1, -0.05) is 0 Å². The standard InChI is InChI=1S/C7H6N6O/c14-6(5-3-8-1-2-9-5)12-7-10-4-11-13-7/h1-4H,(H2,10,11,12,13,14). The molecular weight excluding hydrogens is 184 g/mol. The highest BCUT2D eigenvalue weighted by molar-refractivity contribution is 6.01. The Balaban J connectivity index is 2.11. The molecule has 2 N–H and O–H groups in total. The summed E-state index contributed by atoms with van der Waals surface area (Å²) in [5, 5.41) is 8.55. The van der Waals surface area contributed by atoms with E-state index >= 15 is 0 Å². The number of rotatable bonds is 2. The molecule has 0 fully saturated rings. The highest BCUT2D eigenvalue weighted by Crippen LogP contribution is 1.97. The first-order chi connectivity index (χ1) is 6.86. The third-order valence-electron chi connectivity index (χ3n) is 1.44. The number of aromatic nitrogens is 5. The van der Waals surface area contributed by atoms with Gasteiger partial charge in [-0.25, -0.2) is 10.1 Å². The first-order valence-electron chi connectivity index (χ1n) is 3.79. The lowest BCUT2D eigenvalue weighted by atomic mass is 10.4. The van der Waals surface area contributed by atoms with Gasteiger partial charge in [0.1, 0.15) is 12.0 Å². The molecule has 2 aromatic heterocycles. The van der Waals surface area contributed by atoms with Crippen molar-refractivity contribution in [3.8, 4) is 0 Å². The first kappa shape index (κ1) is 8.30. The smallest absolute Gasteiger partial charge is 0.278 e. The quantitative estimate of drug-likeness (QED) is 0.686. The zero-order chi connectivity index (χ0) is 9.80. The molecule has 1 amide bonds. The number of carbonyl (C=O) groups excluding carboxylic acids is 1. The second kappa shape index (κ2) is 3.60. The van der Waals surface area contributed by atoms with Gasteiger partial charge in [-0.15, -0.1) is 0 Å². The van der Waals surface area contributed by atoms with Gasteiger partial charge in [0.05, 0.1) is 6.20 Å². The molecule has 0 saturated heterocycles. The molecule has 0 radical (unpaired) electrons. The van der Waals surface area contributed by atoms with Crippen molar-refractivity contribution in [2.75, 3.05) is 5.32 Å². The van der Waals surface area contributed by atoms with Crippen molar-refractivity contribution in [1.82, 2.24) is 25.1 Å². The number of hydrogen-bond acceptors (Lipinski definition) is 5. The van der Waals surface area contributed by atoms with Crippen LogP contribution in [0.3, 0.4) is 0 Å². The molecule has 2 heterocycles. The summed E-state index contributed by atoms with van der Waals surface area (Å²) in [6.45, 7) is 0. The molecule has 0 atom stereocenters. The summed E-state index contributed by atoms with van der Waals surface area (Å²) in [5.41, 5.74) is 0.226. The lowest BCUT2D eigenvalue weighted by Crippen LogP contribution is -2.14. The van der Waals surface area contributed by atoms with E-state index < -0.39 is 0 Å². The Kier molecular flexibility index (Phi) is 2.14. The molecule has 70 valence electrons. The monoisotopic (exact) mass is 190 g/mol. The van der Waals surface area contributed by atoms with Crippen LogP contribution in [0.1, 0.15) is 10.5 Å². The van der Waals surface area contributed by atoms with Gasteiger partial charge in [-0.05, 0) is 0 Å². The molecule has 0 aliphatic rings. The second-order valence-corrected chi connectivity index (χ2v) is 2.38. The van der Waals surface area contributed by atoms with Gasteiger partial charge in [-0.3, -0.25) is 15.1 Å². The molecule has 14 heavy (non-hydrogen) atoms. The summed E-state index contributed by atoms with van der Waals surface area (Å²) < 4.78 is 0. The SMILES string of the molecule is O=C(Nc1ncn[nH]1)c1cnccn1. The number of H-pyrrole nitrogens is 1. The third-order valence-corrected chi connectivity index (χ3v) is 1.44. The maximum Gasteiger partial charge on any atom is 0.278 e. The van der Waals surface area contributed by atoms with Gasteiger partial charge >= 0.3 is 0 Å². The predicted octanol–water partition coefficient (Wildman–Crippen LogP) is -0.153. The Bertz CT molecular complexity index is 411. The molecule has 0 aliphatic heterocycles. The summed E-state index contributed by atoms with van der Waals surface area (Å²) >= 11 is 0. The van der Waals surface area contributed by atoms with Crippen molar-refractivity contribution in [2.45, 2.75) is 0 Å². The van der Waals surface area contributed by atoms with Crippen molar-refractivity contribution in [2.24, 2.45) is 0 Å². The lowest BCUT2D eigenvalue weighted by molar-refractivity contribution is 0.102. The molecule has 0 bridgehead atoms. The Morgan fingerprint density at radius 1 is 1.36 bits per heavy atom. The highest BCUT2D eigenvalue weighted by atomic mass is 16.2. The predicted molar refractivity (Wildman–Crippen MR) is 46.4 cm³/mol. The number of aromatic amines is 1. The maximum absolute atomic E-state index is 11.4. The number of nitrogens with zero attached hydrogens (tertiary/aromatic N) is 4. The van der Waals surface area contributed by atoms with Crippen molar-refractivity contribution >= 4 is 11.9 Å². The number of hydrogen-bond donors (Lipinski definition) is 2. The molecule has 0 spiro atoms. The minimum Gasteiger partial charge on any atom is -0.289 e. The average molecular weight is 190 g/mol. The Labute approximate surface area is 78.6 Å². The van der Waals surface area contributed by atoms with E-state index in [0.717, 1.165) is 0 Å².